The molecule has 0 radical (unpaired) electrons. The quantitative estimate of drug-likeness (QED) is 0.182. The summed E-state index contributed by atoms with van der Waals surface area (Å²) < 4.78 is 53.7. The maximum atomic E-state index is 13.6. The van der Waals surface area contributed by atoms with Gasteiger partial charge in [-0.25, -0.2) is 22.5 Å². The van der Waals surface area contributed by atoms with E-state index in [0.29, 0.717) is 16.4 Å². The van der Waals surface area contributed by atoms with Gasteiger partial charge in [-0.2, -0.15) is 0 Å². The zero-order valence-electron chi connectivity index (χ0n) is 14.9. The molecule has 0 aliphatic rings. The van der Waals surface area contributed by atoms with Crippen molar-refractivity contribution in [2.75, 3.05) is 11.9 Å². The SMILES string of the molecule is O=[N+]([O-])c1cccc(-c2csc(NC(=S)NCCc3c(F)c(F)cc(F)c3F)n2)c1. The van der Waals surface area contributed by atoms with E-state index in [-0.39, 0.29) is 29.8 Å². The summed E-state index contributed by atoms with van der Waals surface area (Å²) in [6.07, 6.45) is -0.342. The molecule has 0 aliphatic carbocycles. The van der Waals surface area contributed by atoms with Crippen molar-refractivity contribution in [1.82, 2.24) is 10.3 Å². The van der Waals surface area contributed by atoms with Crippen LogP contribution in [0.25, 0.3) is 11.3 Å². The number of thiocarbonyl (C=S) groups is 1. The molecular weight excluding hydrogens is 444 g/mol. The normalized spacial score (nSPS) is 10.7. The number of nitro groups is 1. The zero-order chi connectivity index (χ0) is 21.8. The standard InChI is InChI=1S/C18H12F4N4O2S2/c19-12-7-13(20)16(22)11(15(12)21)4-5-23-17(29)25-18-24-14(8-30-18)9-2-1-3-10(6-9)26(27)28/h1-3,6-8H,4-5H2,(H2,23,24,25,29). The number of hydrogen-bond acceptors (Lipinski definition) is 5. The topological polar surface area (TPSA) is 80.1 Å². The Morgan fingerprint density at radius 2 is 1.87 bits per heavy atom. The molecular formula is C18H12F4N4O2S2. The molecule has 1 aromatic heterocycles. The first-order valence-electron chi connectivity index (χ1n) is 8.33. The molecule has 0 bridgehead atoms. The van der Waals surface area contributed by atoms with Crippen LogP contribution in [-0.2, 0) is 6.42 Å². The predicted octanol–water partition coefficient (Wildman–Crippen LogP) is 4.80. The van der Waals surface area contributed by atoms with Crippen molar-refractivity contribution in [1.29, 1.82) is 0 Å². The number of non-ortho nitro benzene ring substituents is 1. The first kappa shape index (κ1) is 21.6. The Morgan fingerprint density at radius 3 is 2.53 bits per heavy atom. The van der Waals surface area contributed by atoms with Gasteiger partial charge < -0.3 is 10.6 Å². The highest BCUT2D eigenvalue weighted by molar-refractivity contribution is 7.80. The zero-order valence-corrected chi connectivity index (χ0v) is 16.6. The molecule has 30 heavy (non-hydrogen) atoms. The summed E-state index contributed by atoms with van der Waals surface area (Å²) in [5, 5.41) is 18.4. The third kappa shape index (κ3) is 4.89. The molecule has 1 heterocycles. The Balaban J connectivity index is 1.59. The number of aromatic nitrogens is 1. The predicted molar refractivity (Wildman–Crippen MR) is 108 cm³/mol. The molecule has 3 aromatic rings. The molecule has 0 saturated carbocycles. The monoisotopic (exact) mass is 456 g/mol. The Bertz CT molecular complexity index is 1100. The van der Waals surface area contributed by atoms with Gasteiger partial charge in [0.05, 0.1) is 10.6 Å². The van der Waals surface area contributed by atoms with E-state index < -0.39 is 33.8 Å². The minimum atomic E-state index is -1.47. The number of halogens is 4. The minimum absolute atomic E-state index is 0.0690. The number of nitrogens with zero attached hydrogens (tertiary/aromatic N) is 2. The highest BCUT2D eigenvalue weighted by Crippen LogP contribution is 2.27. The average Bonchev–Trinajstić information content (AvgIpc) is 3.17. The lowest BCUT2D eigenvalue weighted by Gasteiger charge is -2.10. The molecule has 0 fully saturated rings. The largest absolute Gasteiger partial charge is 0.362 e. The third-order valence-corrected chi connectivity index (χ3v) is 4.94. The van der Waals surface area contributed by atoms with Crippen LogP contribution in [0.15, 0.2) is 35.7 Å². The lowest BCUT2D eigenvalue weighted by molar-refractivity contribution is -0.384. The van der Waals surface area contributed by atoms with Crippen LogP contribution in [0.4, 0.5) is 28.4 Å². The Labute approximate surface area is 176 Å². The van der Waals surface area contributed by atoms with Gasteiger partial charge in [-0.3, -0.25) is 10.1 Å². The summed E-state index contributed by atoms with van der Waals surface area (Å²) in [7, 11) is 0. The Kier molecular flexibility index (Phi) is 6.57. The number of benzene rings is 2. The van der Waals surface area contributed by atoms with Crippen molar-refractivity contribution in [3.8, 4) is 11.3 Å². The molecule has 0 spiro atoms. The fraction of sp³-hybridized carbons (Fsp3) is 0.111. The molecule has 0 aliphatic heterocycles. The number of thiazole rings is 1. The molecule has 0 unspecified atom stereocenters. The first-order valence-corrected chi connectivity index (χ1v) is 9.62. The summed E-state index contributed by atoms with van der Waals surface area (Å²) in [6.45, 7) is -0.0916. The van der Waals surface area contributed by atoms with Gasteiger partial charge in [0.15, 0.2) is 33.5 Å². The smallest absolute Gasteiger partial charge is 0.270 e. The second kappa shape index (κ2) is 9.13. The van der Waals surface area contributed by atoms with E-state index in [1.807, 2.05) is 0 Å². The van der Waals surface area contributed by atoms with Gasteiger partial charge in [0.25, 0.3) is 5.69 Å². The molecule has 12 heteroatoms. The van der Waals surface area contributed by atoms with Gasteiger partial charge in [0.2, 0.25) is 0 Å². The molecule has 6 nitrogen and oxygen atoms in total. The lowest BCUT2D eigenvalue weighted by Crippen LogP contribution is -2.30. The number of anilines is 1. The van der Waals surface area contributed by atoms with Crippen LogP contribution in [0, 0.1) is 33.4 Å². The second-order valence-corrected chi connectivity index (χ2v) is 7.19. The van der Waals surface area contributed by atoms with E-state index in [1.54, 1.807) is 17.5 Å². The molecule has 0 saturated heterocycles. The molecule has 2 aromatic carbocycles. The summed E-state index contributed by atoms with van der Waals surface area (Å²) >= 11 is 6.26. The van der Waals surface area contributed by atoms with Gasteiger partial charge in [-0.05, 0) is 18.6 Å². The Morgan fingerprint density at radius 1 is 1.17 bits per heavy atom. The van der Waals surface area contributed by atoms with E-state index in [4.69, 9.17) is 12.2 Å². The summed E-state index contributed by atoms with van der Waals surface area (Å²) in [4.78, 5) is 14.6. The number of hydrogen-bond donors (Lipinski definition) is 2. The van der Waals surface area contributed by atoms with Gasteiger partial charge >= 0.3 is 0 Å². The molecule has 3 rings (SSSR count). The van der Waals surface area contributed by atoms with E-state index >= 15 is 0 Å². The second-order valence-electron chi connectivity index (χ2n) is 5.92. The summed E-state index contributed by atoms with van der Waals surface area (Å²) in [5.41, 5.74) is 0.255. The van der Waals surface area contributed by atoms with Crippen LogP contribution in [0.5, 0.6) is 0 Å². The van der Waals surface area contributed by atoms with E-state index in [2.05, 4.69) is 15.6 Å². The van der Waals surface area contributed by atoms with E-state index in [9.17, 15) is 27.7 Å². The highest BCUT2D eigenvalue weighted by atomic mass is 32.1. The van der Waals surface area contributed by atoms with Crippen LogP contribution in [-0.4, -0.2) is 21.6 Å². The number of nitro benzene ring substituents is 1. The van der Waals surface area contributed by atoms with Crippen LogP contribution in [0.3, 0.4) is 0 Å². The van der Waals surface area contributed by atoms with Crippen molar-refractivity contribution in [2.24, 2.45) is 0 Å². The van der Waals surface area contributed by atoms with Gasteiger partial charge in [0, 0.05) is 41.3 Å². The molecule has 2 N–H and O–H groups in total. The van der Waals surface area contributed by atoms with Gasteiger partial charge in [-0.1, -0.05) is 12.1 Å². The van der Waals surface area contributed by atoms with Crippen LogP contribution in [0.2, 0.25) is 0 Å². The molecule has 0 amide bonds. The van der Waals surface area contributed by atoms with Gasteiger partial charge in [-0.15, -0.1) is 11.3 Å². The van der Waals surface area contributed by atoms with Crippen molar-refractivity contribution < 1.29 is 22.5 Å². The Hall–Kier alpha value is -3.12. The maximum absolute atomic E-state index is 13.6. The average molecular weight is 456 g/mol. The van der Waals surface area contributed by atoms with Crippen molar-refractivity contribution in [2.45, 2.75) is 6.42 Å². The van der Waals surface area contributed by atoms with E-state index in [0.717, 1.165) is 0 Å². The van der Waals surface area contributed by atoms with Crippen molar-refractivity contribution in [3.05, 3.63) is 74.7 Å². The third-order valence-electron chi connectivity index (χ3n) is 3.94. The van der Waals surface area contributed by atoms with Gasteiger partial charge in [0.1, 0.15) is 0 Å². The summed E-state index contributed by atoms with van der Waals surface area (Å²) in [6, 6.07) is 6.11. The lowest BCUT2D eigenvalue weighted by atomic mass is 10.1. The number of nitrogens with one attached hydrogen (secondary N) is 2. The molecule has 0 atom stereocenters. The van der Waals surface area contributed by atoms with Crippen LogP contribution < -0.4 is 10.6 Å². The fourth-order valence-corrected chi connectivity index (χ4v) is 3.51. The molecule has 156 valence electrons. The maximum Gasteiger partial charge on any atom is 0.270 e. The highest BCUT2D eigenvalue weighted by Gasteiger charge is 2.18. The van der Waals surface area contributed by atoms with Crippen molar-refractivity contribution >= 4 is 39.5 Å². The van der Waals surface area contributed by atoms with E-state index in [1.165, 1.54) is 23.5 Å². The van der Waals surface area contributed by atoms with Crippen molar-refractivity contribution in [3.63, 3.8) is 0 Å². The first-order chi connectivity index (χ1) is 14.3. The summed E-state index contributed by atoms with van der Waals surface area (Å²) in [5.74, 6) is -5.84. The minimum Gasteiger partial charge on any atom is -0.362 e. The van der Waals surface area contributed by atoms with Crippen LogP contribution in [0.1, 0.15) is 5.56 Å². The number of rotatable bonds is 6. The van der Waals surface area contributed by atoms with Crippen LogP contribution >= 0.6 is 23.6 Å². The fourth-order valence-electron chi connectivity index (χ4n) is 2.53.